The van der Waals surface area contributed by atoms with Crippen molar-refractivity contribution in [3.63, 3.8) is 0 Å². The molecule has 0 aliphatic carbocycles. The summed E-state index contributed by atoms with van der Waals surface area (Å²) in [6.45, 7) is 0.189. The molecule has 2 aromatic rings. The summed E-state index contributed by atoms with van der Waals surface area (Å²) in [6, 6.07) is 9.39. The molecular formula is C15H16FNO3. The van der Waals surface area contributed by atoms with Gasteiger partial charge in [-0.3, -0.25) is 0 Å². The first kappa shape index (κ1) is 14.1. The first-order valence-corrected chi connectivity index (χ1v) is 6.05. The van der Waals surface area contributed by atoms with Gasteiger partial charge in [0.2, 0.25) is 0 Å². The van der Waals surface area contributed by atoms with Crippen LogP contribution in [0.1, 0.15) is 5.56 Å². The highest BCUT2D eigenvalue weighted by Crippen LogP contribution is 2.32. The van der Waals surface area contributed by atoms with Crippen LogP contribution in [0.25, 0.3) is 0 Å². The van der Waals surface area contributed by atoms with Crippen molar-refractivity contribution in [1.29, 1.82) is 0 Å². The van der Waals surface area contributed by atoms with Crippen molar-refractivity contribution < 1.29 is 18.6 Å². The molecule has 2 rings (SSSR count). The fraction of sp³-hybridized carbons (Fsp3) is 0.200. The Morgan fingerprint density at radius 1 is 0.950 bits per heavy atom. The van der Waals surface area contributed by atoms with Gasteiger partial charge in [-0.15, -0.1) is 0 Å². The molecule has 0 heterocycles. The molecule has 0 unspecified atom stereocenters. The summed E-state index contributed by atoms with van der Waals surface area (Å²) in [4.78, 5) is 0. The number of nitrogens with two attached hydrogens (primary N) is 1. The van der Waals surface area contributed by atoms with Crippen LogP contribution in [0.15, 0.2) is 36.4 Å². The molecule has 0 aliphatic rings. The summed E-state index contributed by atoms with van der Waals surface area (Å²) in [6.07, 6.45) is 0. The van der Waals surface area contributed by atoms with Gasteiger partial charge < -0.3 is 19.9 Å². The first-order chi connectivity index (χ1) is 9.66. The molecule has 0 aliphatic heterocycles. The van der Waals surface area contributed by atoms with Gasteiger partial charge >= 0.3 is 0 Å². The van der Waals surface area contributed by atoms with Crippen molar-refractivity contribution in [1.82, 2.24) is 0 Å². The third kappa shape index (κ3) is 3.19. The largest absolute Gasteiger partial charge is 0.496 e. The molecule has 0 bridgehead atoms. The van der Waals surface area contributed by atoms with E-state index in [9.17, 15) is 4.39 Å². The van der Waals surface area contributed by atoms with Gasteiger partial charge in [0, 0.05) is 30.3 Å². The zero-order chi connectivity index (χ0) is 14.5. The monoisotopic (exact) mass is 277 g/mol. The van der Waals surface area contributed by atoms with Gasteiger partial charge in [-0.05, 0) is 18.2 Å². The van der Waals surface area contributed by atoms with Gasteiger partial charge in [-0.2, -0.15) is 0 Å². The molecular weight excluding hydrogens is 261 g/mol. The minimum atomic E-state index is -0.346. The normalized spacial score (nSPS) is 10.2. The number of hydrogen-bond acceptors (Lipinski definition) is 4. The van der Waals surface area contributed by atoms with Crippen molar-refractivity contribution in [3.8, 4) is 23.0 Å². The maximum absolute atomic E-state index is 13.2. The fourth-order valence-corrected chi connectivity index (χ4v) is 1.77. The third-order valence-electron chi connectivity index (χ3n) is 2.80. The molecule has 2 N–H and O–H groups in total. The molecule has 0 saturated carbocycles. The van der Waals surface area contributed by atoms with Crippen LogP contribution in [0.2, 0.25) is 0 Å². The summed E-state index contributed by atoms with van der Waals surface area (Å²) in [5.74, 6) is 1.90. The molecule has 0 radical (unpaired) electrons. The van der Waals surface area contributed by atoms with E-state index >= 15 is 0 Å². The molecule has 2 aromatic carbocycles. The lowest BCUT2D eigenvalue weighted by molar-refractivity contribution is 0.386. The van der Waals surface area contributed by atoms with Crippen molar-refractivity contribution in [2.45, 2.75) is 6.54 Å². The van der Waals surface area contributed by atoms with E-state index in [1.54, 1.807) is 38.5 Å². The number of halogens is 1. The molecule has 0 spiro atoms. The Bertz CT molecular complexity index is 579. The Morgan fingerprint density at radius 2 is 1.55 bits per heavy atom. The summed E-state index contributed by atoms with van der Waals surface area (Å²) in [5, 5.41) is 0. The van der Waals surface area contributed by atoms with Crippen LogP contribution >= 0.6 is 0 Å². The van der Waals surface area contributed by atoms with E-state index in [-0.39, 0.29) is 12.4 Å². The standard InChI is InChI=1S/C15H16FNO3/c1-18-12-6-13(19-2)8-14(7-12)20-15-4-3-11(16)5-10(15)9-17/h3-8H,9,17H2,1-2H3. The van der Waals surface area contributed by atoms with Crippen LogP contribution < -0.4 is 19.9 Å². The quantitative estimate of drug-likeness (QED) is 0.912. The zero-order valence-electron chi connectivity index (χ0n) is 11.4. The van der Waals surface area contributed by atoms with Gasteiger partial charge in [0.1, 0.15) is 28.8 Å². The van der Waals surface area contributed by atoms with Gasteiger partial charge in [-0.1, -0.05) is 0 Å². The second kappa shape index (κ2) is 6.25. The van der Waals surface area contributed by atoms with Gasteiger partial charge in [0.05, 0.1) is 14.2 Å². The average Bonchev–Trinajstić information content (AvgIpc) is 2.48. The molecule has 20 heavy (non-hydrogen) atoms. The van der Waals surface area contributed by atoms with Crippen molar-refractivity contribution in [3.05, 3.63) is 47.8 Å². The molecule has 0 atom stereocenters. The number of methoxy groups -OCH3 is 2. The smallest absolute Gasteiger partial charge is 0.134 e. The van der Waals surface area contributed by atoms with Crippen molar-refractivity contribution >= 4 is 0 Å². The maximum atomic E-state index is 13.2. The zero-order valence-corrected chi connectivity index (χ0v) is 11.4. The van der Waals surface area contributed by atoms with E-state index < -0.39 is 0 Å². The molecule has 0 fully saturated rings. The van der Waals surface area contributed by atoms with Crippen LogP contribution in [-0.2, 0) is 6.54 Å². The van der Waals surface area contributed by atoms with Gasteiger partial charge in [-0.25, -0.2) is 4.39 Å². The van der Waals surface area contributed by atoms with E-state index in [4.69, 9.17) is 19.9 Å². The topological polar surface area (TPSA) is 53.7 Å². The van der Waals surface area contributed by atoms with Gasteiger partial charge in [0.15, 0.2) is 0 Å². The van der Waals surface area contributed by atoms with Crippen LogP contribution in [0, 0.1) is 5.82 Å². The number of rotatable bonds is 5. The highest BCUT2D eigenvalue weighted by atomic mass is 19.1. The minimum Gasteiger partial charge on any atom is -0.496 e. The molecule has 0 amide bonds. The predicted molar refractivity (Wildman–Crippen MR) is 73.9 cm³/mol. The van der Waals surface area contributed by atoms with E-state index in [1.807, 2.05) is 0 Å². The molecule has 106 valence electrons. The predicted octanol–water partition coefficient (Wildman–Crippen LogP) is 3.09. The Labute approximate surface area is 116 Å². The van der Waals surface area contributed by atoms with Crippen LogP contribution in [-0.4, -0.2) is 14.2 Å². The SMILES string of the molecule is COc1cc(OC)cc(Oc2ccc(F)cc2CN)c1. The third-order valence-corrected chi connectivity index (χ3v) is 2.80. The summed E-state index contributed by atoms with van der Waals surface area (Å²) < 4.78 is 29.2. The minimum absolute atomic E-state index is 0.189. The average molecular weight is 277 g/mol. The van der Waals surface area contributed by atoms with E-state index in [2.05, 4.69) is 0 Å². The van der Waals surface area contributed by atoms with E-state index in [0.717, 1.165) is 0 Å². The van der Waals surface area contributed by atoms with E-state index in [0.29, 0.717) is 28.6 Å². The Morgan fingerprint density at radius 3 is 2.10 bits per heavy atom. The highest BCUT2D eigenvalue weighted by molar-refractivity contribution is 5.45. The number of hydrogen-bond donors (Lipinski definition) is 1. The van der Waals surface area contributed by atoms with Gasteiger partial charge in [0.25, 0.3) is 0 Å². The molecule has 5 heteroatoms. The summed E-state index contributed by atoms with van der Waals surface area (Å²) >= 11 is 0. The molecule has 0 aromatic heterocycles. The van der Waals surface area contributed by atoms with Crippen molar-refractivity contribution in [2.24, 2.45) is 5.73 Å². The maximum Gasteiger partial charge on any atom is 0.134 e. The van der Waals surface area contributed by atoms with E-state index in [1.165, 1.54) is 12.1 Å². The van der Waals surface area contributed by atoms with Crippen LogP contribution in [0.3, 0.4) is 0 Å². The summed E-state index contributed by atoms with van der Waals surface area (Å²) in [7, 11) is 3.11. The van der Waals surface area contributed by atoms with Crippen LogP contribution in [0.4, 0.5) is 4.39 Å². The summed E-state index contributed by atoms with van der Waals surface area (Å²) in [5.41, 5.74) is 6.18. The molecule has 0 saturated heterocycles. The van der Waals surface area contributed by atoms with Crippen LogP contribution in [0.5, 0.6) is 23.0 Å². The fourth-order valence-electron chi connectivity index (χ4n) is 1.77. The highest BCUT2D eigenvalue weighted by Gasteiger charge is 2.08. The first-order valence-electron chi connectivity index (χ1n) is 6.05. The Kier molecular flexibility index (Phi) is 4.42. The molecule has 4 nitrogen and oxygen atoms in total. The second-order valence-corrected chi connectivity index (χ2v) is 4.11. The lowest BCUT2D eigenvalue weighted by Gasteiger charge is -2.12. The lowest BCUT2D eigenvalue weighted by Crippen LogP contribution is -2.00. The Balaban J connectivity index is 2.34. The second-order valence-electron chi connectivity index (χ2n) is 4.11. The lowest BCUT2D eigenvalue weighted by atomic mass is 10.2. The number of benzene rings is 2. The van der Waals surface area contributed by atoms with Crippen molar-refractivity contribution in [2.75, 3.05) is 14.2 Å². The number of ether oxygens (including phenoxy) is 3. The Hall–Kier alpha value is -2.27.